The first kappa shape index (κ1) is 14.1. The maximum Gasteiger partial charge on any atom is 0.251 e. The minimum atomic E-state index is -0.510. The predicted octanol–water partition coefficient (Wildman–Crippen LogP) is 2.90. The van der Waals surface area contributed by atoms with Crippen molar-refractivity contribution in [3.63, 3.8) is 0 Å². The highest BCUT2D eigenvalue weighted by Gasteiger charge is 2.08. The molecule has 0 bridgehead atoms. The van der Waals surface area contributed by atoms with E-state index in [0.29, 0.717) is 6.54 Å². The zero-order valence-corrected chi connectivity index (χ0v) is 11.3. The molecule has 0 atom stereocenters. The number of carbonyl (C=O) groups excluding carboxylic acids is 1. The summed E-state index contributed by atoms with van der Waals surface area (Å²) in [4.78, 5) is 12.0. The second-order valence-electron chi connectivity index (χ2n) is 4.58. The largest absolute Gasteiger partial charge is 0.399 e. The fraction of sp³-hybridized carbons (Fsp3) is 0.188. The smallest absolute Gasteiger partial charge is 0.251 e. The number of carbonyl (C=O) groups is 1. The van der Waals surface area contributed by atoms with Crippen LogP contribution in [-0.2, 0) is 13.0 Å². The van der Waals surface area contributed by atoms with Crippen LogP contribution in [0.3, 0.4) is 0 Å². The second kappa shape index (κ2) is 6.19. The fourth-order valence-corrected chi connectivity index (χ4v) is 2.10. The van der Waals surface area contributed by atoms with Crippen LogP contribution in [0.15, 0.2) is 42.5 Å². The molecule has 20 heavy (non-hydrogen) atoms. The molecule has 0 saturated carbocycles. The molecule has 0 spiro atoms. The third kappa shape index (κ3) is 3.35. The van der Waals surface area contributed by atoms with Crippen molar-refractivity contribution >= 4 is 11.6 Å². The number of hydrogen-bond acceptors (Lipinski definition) is 2. The van der Waals surface area contributed by atoms with Crippen molar-refractivity contribution < 1.29 is 9.18 Å². The first-order valence-corrected chi connectivity index (χ1v) is 6.51. The molecule has 2 aromatic rings. The van der Waals surface area contributed by atoms with E-state index in [2.05, 4.69) is 12.2 Å². The standard InChI is InChI=1S/C16H17FN2O/c1-2-11-5-3-4-6-12(11)10-19-16(20)13-7-14(17)9-15(18)8-13/h3-9H,2,10,18H2,1H3,(H,19,20). The lowest BCUT2D eigenvalue weighted by atomic mass is 10.1. The summed E-state index contributed by atoms with van der Waals surface area (Å²) in [6.07, 6.45) is 0.902. The summed E-state index contributed by atoms with van der Waals surface area (Å²) in [5.41, 5.74) is 8.25. The van der Waals surface area contributed by atoms with Gasteiger partial charge in [0.1, 0.15) is 5.82 Å². The highest BCUT2D eigenvalue weighted by Crippen LogP contribution is 2.12. The van der Waals surface area contributed by atoms with Crippen molar-refractivity contribution in [3.05, 3.63) is 65.0 Å². The van der Waals surface area contributed by atoms with E-state index in [-0.39, 0.29) is 17.2 Å². The topological polar surface area (TPSA) is 55.1 Å². The molecule has 0 unspecified atom stereocenters. The Bertz CT molecular complexity index is 605. The molecular formula is C16H17FN2O. The number of hydrogen-bond donors (Lipinski definition) is 2. The molecule has 4 heteroatoms. The Balaban J connectivity index is 2.08. The molecular weight excluding hydrogens is 255 g/mol. The Kier molecular flexibility index (Phi) is 4.35. The Hall–Kier alpha value is -2.36. The summed E-state index contributed by atoms with van der Waals surface area (Å²) < 4.78 is 13.2. The van der Waals surface area contributed by atoms with Crippen LogP contribution in [0.2, 0.25) is 0 Å². The van der Waals surface area contributed by atoms with Crippen LogP contribution in [0, 0.1) is 5.82 Å². The van der Waals surface area contributed by atoms with Gasteiger partial charge in [-0.25, -0.2) is 4.39 Å². The lowest BCUT2D eigenvalue weighted by molar-refractivity contribution is 0.0950. The van der Waals surface area contributed by atoms with Crippen LogP contribution in [-0.4, -0.2) is 5.91 Å². The van der Waals surface area contributed by atoms with Gasteiger partial charge in [-0.05, 0) is 35.7 Å². The summed E-state index contributed by atoms with van der Waals surface area (Å²) in [6.45, 7) is 2.48. The van der Waals surface area contributed by atoms with Crippen LogP contribution in [0.1, 0.15) is 28.4 Å². The van der Waals surface area contributed by atoms with E-state index in [1.54, 1.807) is 0 Å². The zero-order valence-electron chi connectivity index (χ0n) is 11.3. The number of rotatable bonds is 4. The molecule has 2 rings (SSSR count). The van der Waals surface area contributed by atoms with Crippen LogP contribution >= 0.6 is 0 Å². The maximum absolute atomic E-state index is 13.2. The molecule has 0 heterocycles. The maximum atomic E-state index is 13.2. The third-order valence-corrected chi connectivity index (χ3v) is 3.12. The van der Waals surface area contributed by atoms with Gasteiger partial charge in [0.05, 0.1) is 0 Å². The number of benzene rings is 2. The number of nitrogens with two attached hydrogens (primary N) is 1. The van der Waals surface area contributed by atoms with E-state index < -0.39 is 5.82 Å². The van der Waals surface area contributed by atoms with Crippen LogP contribution in [0.5, 0.6) is 0 Å². The highest BCUT2D eigenvalue weighted by molar-refractivity contribution is 5.95. The molecule has 0 radical (unpaired) electrons. The Morgan fingerprint density at radius 2 is 1.90 bits per heavy atom. The average molecular weight is 272 g/mol. The Labute approximate surface area is 117 Å². The lowest BCUT2D eigenvalue weighted by Crippen LogP contribution is -2.23. The number of halogens is 1. The van der Waals surface area contributed by atoms with Crippen molar-refractivity contribution in [2.75, 3.05) is 5.73 Å². The quantitative estimate of drug-likeness (QED) is 0.841. The van der Waals surface area contributed by atoms with Gasteiger partial charge in [0.25, 0.3) is 5.91 Å². The van der Waals surface area contributed by atoms with Gasteiger partial charge in [-0.2, -0.15) is 0 Å². The summed E-state index contributed by atoms with van der Waals surface area (Å²) in [5.74, 6) is -0.841. The number of nitrogen functional groups attached to an aromatic ring is 1. The summed E-state index contributed by atoms with van der Waals surface area (Å²) in [7, 11) is 0. The molecule has 0 aliphatic carbocycles. The average Bonchev–Trinajstić information content (AvgIpc) is 2.44. The first-order chi connectivity index (χ1) is 9.60. The molecule has 0 aliphatic rings. The molecule has 0 fully saturated rings. The number of anilines is 1. The van der Waals surface area contributed by atoms with Crippen molar-refractivity contribution in [3.8, 4) is 0 Å². The van der Waals surface area contributed by atoms with Crippen molar-refractivity contribution in [1.29, 1.82) is 0 Å². The molecule has 1 amide bonds. The summed E-state index contributed by atoms with van der Waals surface area (Å²) in [5, 5.41) is 2.78. The predicted molar refractivity (Wildman–Crippen MR) is 77.8 cm³/mol. The number of aryl methyl sites for hydroxylation is 1. The van der Waals surface area contributed by atoms with Crippen molar-refractivity contribution in [1.82, 2.24) is 5.32 Å². The first-order valence-electron chi connectivity index (χ1n) is 6.51. The molecule has 0 aliphatic heterocycles. The lowest BCUT2D eigenvalue weighted by Gasteiger charge is -2.09. The van der Waals surface area contributed by atoms with Crippen molar-refractivity contribution in [2.24, 2.45) is 0 Å². The normalized spacial score (nSPS) is 10.3. The Morgan fingerprint density at radius 3 is 2.55 bits per heavy atom. The SMILES string of the molecule is CCc1ccccc1CNC(=O)c1cc(N)cc(F)c1. The van der Waals surface area contributed by atoms with Gasteiger partial charge < -0.3 is 11.1 Å². The van der Waals surface area contributed by atoms with Crippen LogP contribution in [0.25, 0.3) is 0 Å². The van der Waals surface area contributed by atoms with E-state index in [1.165, 1.54) is 23.8 Å². The van der Waals surface area contributed by atoms with Gasteiger partial charge in [0.15, 0.2) is 0 Å². The van der Waals surface area contributed by atoms with Crippen LogP contribution in [0.4, 0.5) is 10.1 Å². The Morgan fingerprint density at radius 1 is 1.20 bits per heavy atom. The van der Waals surface area contributed by atoms with E-state index in [1.807, 2.05) is 24.3 Å². The molecule has 2 aromatic carbocycles. The van der Waals surface area contributed by atoms with Gasteiger partial charge in [0, 0.05) is 17.8 Å². The van der Waals surface area contributed by atoms with E-state index >= 15 is 0 Å². The molecule has 0 saturated heterocycles. The molecule has 104 valence electrons. The fourth-order valence-electron chi connectivity index (χ4n) is 2.10. The number of amides is 1. The van der Waals surface area contributed by atoms with Crippen molar-refractivity contribution in [2.45, 2.75) is 19.9 Å². The van der Waals surface area contributed by atoms with E-state index in [0.717, 1.165) is 12.0 Å². The summed E-state index contributed by atoms with van der Waals surface area (Å²) >= 11 is 0. The number of nitrogens with one attached hydrogen (secondary N) is 1. The highest BCUT2D eigenvalue weighted by atomic mass is 19.1. The second-order valence-corrected chi connectivity index (χ2v) is 4.58. The van der Waals surface area contributed by atoms with Gasteiger partial charge >= 0.3 is 0 Å². The summed E-state index contributed by atoms with van der Waals surface area (Å²) in [6, 6.07) is 11.7. The molecule has 3 N–H and O–H groups in total. The third-order valence-electron chi connectivity index (χ3n) is 3.12. The monoisotopic (exact) mass is 272 g/mol. The van der Waals surface area contributed by atoms with E-state index in [9.17, 15) is 9.18 Å². The zero-order chi connectivity index (χ0) is 14.5. The van der Waals surface area contributed by atoms with Gasteiger partial charge in [-0.15, -0.1) is 0 Å². The van der Waals surface area contributed by atoms with Gasteiger partial charge in [-0.3, -0.25) is 4.79 Å². The van der Waals surface area contributed by atoms with Crippen LogP contribution < -0.4 is 11.1 Å². The minimum absolute atomic E-state index is 0.233. The molecule has 0 aromatic heterocycles. The minimum Gasteiger partial charge on any atom is -0.399 e. The van der Waals surface area contributed by atoms with Gasteiger partial charge in [-0.1, -0.05) is 31.2 Å². The van der Waals surface area contributed by atoms with E-state index in [4.69, 9.17) is 5.73 Å². The van der Waals surface area contributed by atoms with Gasteiger partial charge in [0.2, 0.25) is 0 Å². The molecule has 3 nitrogen and oxygen atoms in total.